The van der Waals surface area contributed by atoms with Crippen molar-refractivity contribution in [1.29, 1.82) is 0 Å². The number of methoxy groups -OCH3 is 1. The molecular weight excluding hydrogens is 354 g/mol. The number of hydrogen-bond donors (Lipinski definition) is 2. The van der Waals surface area contributed by atoms with Crippen molar-refractivity contribution in [3.63, 3.8) is 0 Å². The molecule has 1 aromatic carbocycles. The summed E-state index contributed by atoms with van der Waals surface area (Å²) in [7, 11) is 1.51. The Morgan fingerprint density at radius 3 is 2.76 bits per heavy atom. The van der Waals surface area contributed by atoms with Gasteiger partial charge in [-0.3, -0.25) is 4.79 Å². The number of nitrogens with zero attached hydrogens (tertiary/aromatic N) is 1. The van der Waals surface area contributed by atoms with Crippen molar-refractivity contribution in [3.8, 4) is 11.3 Å². The molecule has 0 radical (unpaired) electrons. The summed E-state index contributed by atoms with van der Waals surface area (Å²) in [4.78, 5) is 17.4. The Labute approximate surface area is 135 Å². The summed E-state index contributed by atoms with van der Waals surface area (Å²) in [6, 6.07) is 7.18. The Morgan fingerprint density at radius 1 is 1.48 bits per heavy atom. The second-order valence-corrected chi connectivity index (χ2v) is 6.60. The fraction of sp³-hybridized carbons (Fsp3) is 0.286. The molecule has 1 aromatic heterocycles. The summed E-state index contributed by atoms with van der Waals surface area (Å²) < 4.78 is 5.88. The molecule has 5 nitrogen and oxygen atoms in total. The lowest BCUT2D eigenvalue weighted by molar-refractivity contribution is -0.118. The number of thiazole rings is 1. The number of ether oxygens (including phenoxy) is 1. The molecule has 1 amide bonds. The van der Waals surface area contributed by atoms with Gasteiger partial charge in [0.25, 0.3) is 0 Å². The van der Waals surface area contributed by atoms with Gasteiger partial charge in [-0.1, -0.05) is 28.1 Å². The minimum atomic E-state index is -0.699. The summed E-state index contributed by atoms with van der Waals surface area (Å²) in [6.45, 7) is 2.15. The molecule has 0 aliphatic heterocycles. The van der Waals surface area contributed by atoms with Crippen LogP contribution in [0.3, 0.4) is 0 Å². The number of rotatable bonds is 5. The second-order valence-electron chi connectivity index (χ2n) is 4.48. The van der Waals surface area contributed by atoms with E-state index in [4.69, 9.17) is 10.5 Å². The summed E-state index contributed by atoms with van der Waals surface area (Å²) in [5, 5.41) is 3.27. The molecule has 21 heavy (non-hydrogen) atoms. The van der Waals surface area contributed by atoms with E-state index in [1.165, 1.54) is 18.4 Å². The summed E-state index contributed by atoms with van der Waals surface area (Å²) in [5.74, 6) is -0.298. The molecule has 1 heterocycles. The molecule has 0 saturated heterocycles. The Kier molecular flexibility index (Phi) is 5.46. The van der Waals surface area contributed by atoms with Crippen LogP contribution in [0.4, 0.5) is 5.13 Å². The first kappa shape index (κ1) is 16.1. The van der Waals surface area contributed by atoms with Crippen LogP contribution >= 0.6 is 27.3 Å². The van der Waals surface area contributed by atoms with E-state index in [9.17, 15) is 4.79 Å². The predicted octanol–water partition coefficient (Wildman–Crippen LogP) is 2.79. The Bertz CT molecular complexity index is 628. The molecule has 2 rings (SSSR count). The molecule has 112 valence electrons. The zero-order chi connectivity index (χ0) is 15.4. The number of amides is 1. The van der Waals surface area contributed by atoms with Crippen LogP contribution in [0.5, 0.6) is 0 Å². The maximum absolute atomic E-state index is 11.8. The van der Waals surface area contributed by atoms with E-state index >= 15 is 0 Å². The highest BCUT2D eigenvalue weighted by atomic mass is 79.9. The molecule has 3 N–H and O–H groups in total. The molecule has 0 aliphatic rings. The Balaban J connectivity index is 2.16. The average molecular weight is 370 g/mol. The number of nitrogens with two attached hydrogens (primary N) is 1. The van der Waals surface area contributed by atoms with Crippen molar-refractivity contribution in [2.45, 2.75) is 13.0 Å². The van der Waals surface area contributed by atoms with E-state index in [1.54, 1.807) is 0 Å². The number of aryl methyl sites for hydroxylation is 1. The Morgan fingerprint density at radius 2 is 2.14 bits per heavy atom. The highest BCUT2D eigenvalue weighted by molar-refractivity contribution is 9.10. The predicted molar refractivity (Wildman–Crippen MR) is 88.5 cm³/mol. The third kappa shape index (κ3) is 4.10. The first-order chi connectivity index (χ1) is 10.0. The summed E-state index contributed by atoms with van der Waals surface area (Å²) in [6.07, 6.45) is 0. The van der Waals surface area contributed by atoms with Crippen molar-refractivity contribution >= 4 is 38.3 Å². The fourth-order valence-electron chi connectivity index (χ4n) is 1.78. The standard InChI is InChI=1S/C14H16BrN3O2S/c1-8-12(9-3-5-10(15)6-4-9)17-14(21-8)18-13(19)11(16)7-20-2/h3-6,11H,7,16H2,1-2H3,(H,17,18,19). The highest BCUT2D eigenvalue weighted by Crippen LogP contribution is 2.31. The zero-order valence-electron chi connectivity index (χ0n) is 11.7. The van der Waals surface area contributed by atoms with Crippen LogP contribution in [0, 0.1) is 6.92 Å². The van der Waals surface area contributed by atoms with Gasteiger partial charge in [0, 0.05) is 22.0 Å². The molecule has 1 unspecified atom stereocenters. The van der Waals surface area contributed by atoms with Crippen molar-refractivity contribution in [2.24, 2.45) is 5.73 Å². The highest BCUT2D eigenvalue weighted by Gasteiger charge is 2.16. The quantitative estimate of drug-likeness (QED) is 0.849. The topological polar surface area (TPSA) is 77.2 Å². The number of aromatic nitrogens is 1. The Hall–Kier alpha value is -1.28. The SMILES string of the molecule is COCC(N)C(=O)Nc1nc(-c2ccc(Br)cc2)c(C)s1. The molecule has 2 aromatic rings. The van der Waals surface area contributed by atoms with Gasteiger partial charge >= 0.3 is 0 Å². The van der Waals surface area contributed by atoms with Crippen molar-refractivity contribution in [3.05, 3.63) is 33.6 Å². The van der Waals surface area contributed by atoms with Gasteiger partial charge in [0.05, 0.1) is 12.3 Å². The third-order valence-corrected chi connectivity index (χ3v) is 4.24. The first-order valence-corrected chi connectivity index (χ1v) is 7.91. The van der Waals surface area contributed by atoms with E-state index in [1.807, 2.05) is 31.2 Å². The maximum Gasteiger partial charge on any atom is 0.245 e. The third-order valence-electron chi connectivity index (χ3n) is 2.83. The lowest BCUT2D eigenvalue weighted by atomic mass is 10.1. The smallest absolute Gasteiger partial charge is 0.245 e. The minimum Gasteiger partial charge on any atom is -0.383 e. The first-order valence-electron chi connectivity index (χ1n) is 6.30. The van der Waals surface area contributed by atoms with Gasteiger partial charge in [0.15, 0.2) is 5.13 Å². The molecule has 0 aliphatic carbocycles. The molecule has 0 bridgehead atoms. The number of carbonyl (C=O) groups is 1. The normalized spacial score (nSPS) is 12.2. The van der Waals surface area contributed by atoms with Crippen LogP contribution in [0.1, 0.15) is 4.88 Å². The van der Waals surface area contributed by atoms with Gasteiger partial charge in [-0.05, 0) is 19.1 Å². The van der Waals surface area contributed by atoms with Gasteiger partial charge in [-0.15, -0.1) is 11.3 Å². The van der Waals surface area contributed by atoms with Crippen LogP contribution in [0.15, 0.2) is 28.7 Å². The lowest BCUT2D eigenvalue weighted by Crippen LogP contribution is -2.39. The zero-order valence-corrected chi connectivity index (χ0v) is 14.1. The molecule has 0 saturated carbocycles. The van der Waals surface area contributed by atoms with Gasteiger partial charge in [-0.25, -0.2) is 4.98 Å². The molecule has 1 atom stereocenters. The number of anilines is 1. The van der Waals surface area contributed by atoms with Gasteiger partial charge in [-0.2, -0.15) is 0 Å². The largest absolute Gasteiger partial charge is 0.383 e. The number of carbonyl (C=O) groups excluding carboxylic acids is 1. The fourth-order valence-corrected chi connectivity index (χ4v) is 2.88. The van der Waals surface area contributed by atoms with E-state index in [0.29, 0.717) is 5.13 Å². The van der Waals surface area contributed by atoms with E-state index < -0.39 is 6.04 Å². The maximum atomic E-state index is 11.8. The van der Waals surface area contributed by atoms with Crippen LogP contribution in [0.2, 0.25) is 0 Å². The molecule has 0 fully saturated rings. The summed E-state index contributed by atoms with van der Waals surface area (Å²) in [5.41, 5.74) is 7.55. The monoisotopic (exact) mass is 369 g/mol. The molecule has 7 heteroatoms. The average Bonchev–Trinajstić information content (AvgIpc) is 2.80. The van der Waals surface area contributed by atoms with Crippen molar-refractivity contribution in [2.75, 3.05) is 19.0 Å². The van der Waals surface area contributed by atoms with Crippen molar-refractivity contribution in [1.82, 2.24) is 4.98 Å². The minimum absolute atomic E-state index is 0.176. The van der Waals surface area contributed by atoms with Gasteiger partial charge < -0.3 is 15.8 Å². The van der Waals surface area contributed by atoms with Crippen LogP contribution in [-0.2, 0) is 9.53 Å². The second kappa shape index (κ2) is 7.13. The molecule has 0 spiro atoms. The van der Waals surface area contributed by atoms with E-state index in [2.05, 4.69) is 26.2 Å². The number of hydrogen-bond acceptors (Lipinski definition) is 5. The van der Waals surface area contributed by atoms with Gasteiger partial charge in [0.2, 0.25) is 5.91 Å². The number of benzene rings is 1. The van der Waals surface area contributed by atoms with Crippen LogP contribution < -0.4 is 11.1 Å². The van der Waals surface area contributed by atoms with Crippen molar-refractivity contribution < 1.29 is 9.53 Å². The summed E-state index contributed by atoms with van der Waals surface area (Å²) >= 11 is 4.83. The van der Waals surface area contributed by atoms with Gasteiger partial charge in [0.1, 0.15) is 6.04 Å². The lowest BCUT2D eigenvalue weighted by Gasteiger charge is -2.08. The van der Waals surface area contributed by atoms with Crippen LogP contribution in [-0.4, -0.2) is 30.6 Å². The molecular formula is C14H16BrN3O2S. The van der Waals surface area contributed by atoms with E-state index in [0.717, 1.165) is 20.6 Å². The number of nitrogens with one attached hydrogen (secondary N) is 1. The van der Waals surface area contributed by atoms with Crippen LogP contribution in [0.25, 0.3) is 11.3 Å². The van der Waals surface area contributed by atoms with E-state index in [-0.39, 0.29) is 12.5 Å². The number of halogens is 1.